The summed E-state index contributed by atoms with van der Waals surface area (Å²) < 4.78 is 12.0. The molecule has 0 aromatic heterocycles. The zero-order valence-electron chi connectivity index (χ0n) is 12.7. The van der Waals surface area contributed by atoms with Crippen molar-refractivity contribution in [2.24, 2.45) is 0 Å². The first kappa shape index (κ1) is 17.8. The van der Waals surface area contributed by atoms with E-state index in [1.54, 1.807) is 31.1 Å². The van der Waals surface area contributed by atoms with Crippen LogP contribution >= 0.6 is 15.9 Å². The van der Waals surface area contributed by atoms with Crippen LogP contribution in [0.1, 0.15) is 25.3 Å². The number of carbonyl (C=O) groups excluding carboxylic acids is 1. The first-order valence-corrected chi connectivity index (χ1v) is 7.67. The van der Waals surface area contributed by atoms with Crippen molar-refractivity contribution in [1.82, 2.24) is 4.90 Å². The molecule has 1 aromatic rings. The quantitative estimate of drug-likeness (QED) is 0.724. The molecule has 0 fully saturated rings. The third-order valence-electron chi connectivity index (χ3n) is 2.83. The van der Waals surface area contributed by atoms with Gasteiger partial charge in [-0.3, -0.25) is 4.79 Å². The van der Waals surface area contributed by atoms with Crippen molar-refractivity contribution in [2.45, 2.75) is 26.4 Å². The largest absolute Gasteiger partial charge is 0.490 e. The van der Waals surface area contributed by atoms with Crippen molar-refractivity contribution in [3.05, 3.63) is 22.2 Å². The fourth-order valence-electron chi connectivity index (χ4n) is 1.74. The van der Waals surface area contributed by atoms with E-state index in [1.807, 2.05) is 6.92 Å². The highest BCUT2D eigenvalue weighted by Gasteiger charge is 2.12. The molecule has 0 spiro atoms. The molecule has 0 aliphatic rings. The predicted molar refractivity (Wildman–Crippen MR) is 84.7 cm³/mol. The van der Waals surface area contributed by atoms with Crippen LogP contribution < -0.4 is 9.47 Å². The Morgan fingerprint density at radius 2 is 2.05 bits per heavy atom. The van der Waals surface area contributed by atoms with E-state index in [4.69, 9.17) is 9.47 Å². The van der Waals surface area contributed by atoms with Crippen LogP contribution in [-0.4, -0.2) is 43.2 Å². The Morgan fingerprint density at radius 1 is 1.33 bits per heavy atom. The second-order valence-electron chi connectivity index (χ2n) is 4.74. The summed E-state index contributed by atoms with van der Waals surface area (Å²) in [6.07, 6.45) is 1.08. The van der Waals surface area contributed by atoms with Crippen molar-refractivity contribution < 1.29 is 19.4 Å². The van der Waals surface area contributed by atoms with Crippen LogP contribution in [0.4, 0.5) is 0 Å². The lowest BCUT2D eigenvalue weighted by atomic mass is 10.2. The topological polar surface area (TPSA) is 59.0 Å². The van der Waals surface area contributed by atoms with Gasteiger partial charge in [0.25, 0.3) is 0 Å². The molecule has 0 aliphatic carbocycles. The van der Waals surface area contributed by atoms with Gasteiger partial charge >= 0.3 is 0 Å². The van der Waals surface area contributed by atoms with Gasteiger partial charge in [-0.1, -0.05) is 0 Å². The van der Waals surface area contributed by atoms with E-state index in [0.717, 1.165) is 10.0 Å². The molecule has 118 valence electrons. The van der Waals surface area contributed by atoms with Crippen molar-refractivity contribution >= 4 is 21.8 Å². The molecule has 1 rings (SSSR count). The number of halogens is 1. The Morgan fingerprint density at radius 3 is 2.62 bits per heavy atom. The summed E-state index contributed by atoms with van der Waals surface area (Å²) in [4.78, 5) is 13.0. The van der Waals surface area contributed by atoms with Gasteiger partial charge in [-0.05, 0) is 47.0 Å². The standard InChI is InChI=1S/C15H22BrNO4/c1-4-20-13-9-11(10-18)8-12(16)15(13)21-7-5-6-14(19)17(2)3/h8-9,18H,4-7,10H2,1-3H3. The molecule has 0 saturated carbocycles. The third-order valence-corrected chi connectivity index (χ3v) is 3.42. The van der Waals surface area contributed by atoms with Crippen LogP contribution in [0.25, 0.3) is 0 Å². The van der Waals surface area contributed by atoms with E-state index in [2.05, 4.69) is 15.9 Å². The summed E-state index contributed by atoms with van der Waals surface area (Å²) in [6.45, 7) is 2.77. The number of hydrogen-bond donors (Lipinski definition) is 1. The zero-order valence-corrected chi connectivity index (χ0v) is 14.3. The average molecular weight is 360 g/mol. The van der Waals surface area contributed by atoms with E-state index in [0.29, 0.717) is 37.6 Å². The zero-order chi connectivity index (χ0) is 15.8. The molecule has 1 aromatic carbocycles. The van der Waals surface area contributed by atoms with Crippen molar-refractivity contribution in [1.29, 1.82) is 0 Å². The van der Waals surface area contributed by atoms with Gasteiger partial charge in [-0.15, -0.1) is 0 Å². The van der Waals surface area contributed by atoms with E-state index in [-0.39, 0.29) is 12.5 Å². The molecule has 6 heteroatoms. The lowest BCUT2D eigenvalue weighted by Gasteiger charge is -2.15. The fraction of sp³-hybridized carbons (Fsp3) is 0.533. The summed E-state index contributed by atoms with van der Waals surface area (Å²) in [5, 5.41) is 9.21. The van der Waals surface area contributed by atoms with Gasteiger partial charge < -0.3 is 19.5 Å². The number of nitrogens with zero attached hydrogens (tertiary/aromatic N) is 1. The van der Waals surface area contributed by atoms with Crippen LogP contribution in [0.5, 0.6) is 11.5 Å². The van der Waals surface area contributed by atoms with E-state index in [1.165, 1.54) is 0 Å². The maximum atomic E-state index is 11.5. The number of carbonyl (C=O) groups is 1. The molecule has 0 saturated heterocycles. The monoisotopic (exact) mass is 359 g/mol. The number of aliphatic hydroxyl groups is 1. The van der Waals surface area contributed by atoms with E-state index >= 15 is 0 Å². The Balaban J connectivity index is 2.67. The molecule has 1 amide bonds. The molecular weight excluding hydrogens is 338 g/mol. The SMILES string of the molecule is CCOc1cc(CO)cc(Br)c1OCCCC(=O)N(C)C. The minimum absolute atomic E-state index is 0.0592. The molecule has 0 bridgehead atoms. The van der Waals surface area contributed by atoms with Gasteiger partial charge in [0.1, 0.15) is 0 Å². The highest BCUT2D eigenvalue weighted by atomic mass is 79.9. The number of aliphatic hydroxyl groups excluding tert-OH is 1. The van der Waals surface area contributed by atoms with Crippen LogP contribution in [0, 0.1) is 0 Å². The molecule has 0 atom stereocenters. The van der Waals surface area contributed by atoms with Crippen LogP contribution in [0.2, 0.25) is 0 Å². The Kier molecular flexibility index (Phi) is 7.53. The van der Waals surface area contributed by atoms with Crippen LogP contribution in [-0.2, 0) is 11.4 Å². The number of benzene rings is 1. The van der Waals surface area contributed by atoms with Crippen LogP contribution in [0.3, 0.4) is 0 Å². The Bertz CT molecular complexity index is 477. The van der Waals surface area contributed by atoms with Gasteiger partial charge in [0.05, 0.1) is 24.3 Å². The first-order valence-electron chi connectivity index (χ1n) is 6.88. The highest BCUT2D eigenvalue weighted by Crippen LogP contribution is 2.37. The van der Waals surface area contributed by atoms with Gasteiger partial charge in [-0.25, -0.2) is 0 Å². The molecule has 21 heavy (non-hydrogen) atoms. The van der Waals surface area contributed by atoms with Gasteiger partial charge in [-0.2, -0.15) is 0 Å². The Labute approximate surface area is 134 Å². The van der Waals surface area contributed by atoms with Gasteiger partial charge in [0, 0.05) is 20.5 Å². The average Bonchev–Trinajstić information content (AvgIpc) is 2.45. The highest BCUT2D eigenvalue weighted by molar-refractivity contribution is 9.10. The first-order chi connectivity index (χ1) is 9.99. The van der Waals surface area contributed by atoms with Crippen LogP contribution in [0.15, 0.2) is 16.6 Å². The van der Waals surface area contributed by atoms with E-state index < -0.39 is 0 Å². The van der Waals surface area contributed by atoms with Crippen molar-refractivity contribution in [3.63, 3.8) is 0 Å². The molecular formula is C15H22BrNO4. The molecule has 0 unspecified atom stereocenters. The number of rotatable bonds is 8. The number of amides is 1. The number of hydrogen-bond acceptors (Lipinski definition) is 4. The van der Waals surface area contributed by atoms with Gasteiger partial charge in [0.15, 0.2) is 11.5 Å². The summed E-state index contributed by atoms with van der Waals surface area (Å²) in [5.41, 5.74) is 0.750. The summed E-state index contributed by atoms with van der Waals surface area (Å²) in [7, 11) is 3.47. The van der Waals surface area contributed by atoms with E-state index in [9.17, 15) is 9.90 Å². The minimum atomic E-state index is -0.0592. The second kappa shape index (κ2) is 8.89. The Hall–Kier alpha value is -1.27. The normalized spacial score (nSPS) is 10.3. The predicted octanol–water partition coefficient (Wildman–Crippen LogP) is 2.59. The molecule has 5 nitrogen and oxygen atoms in total. The van der Waals surface area contributed by atoms with Crippen molar-refractivity contribution in [2.75, 3.05) is 27.3 Å². The maximum Gasteiger partial charge on any atom is 0.222 e. The smallest absolute Gasteiger partial charge is 0.222 e. The molecule has 0 radical (unpaired) electrons. The lowest BCUT2D eigenvalue weighted by molar-refractivity contribution is -0.128. The number of ether oxygens (including phenoxy) is 2. The fourth-order valence-corrected chi connectivity index (χ4v) is 2.34. The lowest BCUT2D eigenvalue weighted by Crippen LogP contribution is -2.21. The summed E-state index contributed by atoms with van der Waals surface area (Å²) in [6, 6.07) is 3.55. The van der Waals surface area contributed by atoms with Crippen molar-refractivity contribution in [3.8, 4) is 11.5 Å². The molecule has 1 N–H and O–H groups in total. The third kappa shape index (κ3) is 5.55. The van der Waals surface area contributed by atoms with Gasteiger partial charge in [0.2, 0.25) is 5.91 Å². The molecule has 0 aliphatic heterocycles. The minimum Gasteiger partial charge on any atom is -0.490 e. The summed E-state index contributed by atoms with van der Waals surface area (Å²) >= 11 is 3.42. The molecule has 0 heterocycles. The summed E-state index contributed by atoms with van der Waals surface area (Å²) in [5.74, 6) is 1.28. The maximum absolute atomic E-state index is 11.5. The second-order valence-corrected chi connectivity index (χ2v) is 5.59.